The summed E-state index contributed by atoms with van der Waals surface area (Å²) in [5, 5.41) is 3.70. The Balaban J connectivity index is 0.914. The molecule has 6 nitrogen and oxygen atoms in total. The van der Waals surface area contributed by atoms with Crippen molar-refractivity contribution in [3.63, 3.8) is 0 Å². The highest BCUT2D eigenvalue weighted by Crippen LogP contribution is 2.55. The van der Waals surface area contributed by atoms with Crippen molar-refractivity contribution >= 4 is 33.5 Å². The number of nitrogens with zero attached hydrogens (tertiary/aromatic N) is 4. The summed E-state index contributed by atoms with van der Waals surface area (Å²) in [6, 6.07) is 22.5. The highest BCUT2D eigenvalue weighted by molar-refractivity contribution is 5.96. The fraction of sp³-hybridized carbons (Fsp3) is 0.353. The quantitative estimate of drug-likeness (QED) is 0.268. The summed E-state index contributed by atoms with van der Waals surface area (Å²) in [7, 11) is 0. The number of hydrogen-bond donors (Lipinski definition) is 2. The van der Waals surface area contributed by atoms with Gasteiger partial charge in [0.1, 0.15) is 5.82 Å². The number of rotatable bonds is 4. The van der Waals surface area contributed by atoms with Crippen LogP contribution in [0.1, 0.15) is 49.5 Å². The SMILES string of the molecule is c1cc2c(cc1-c1ccc3nc(-c4ccc5nc([C@@H]6C[C@H]7C[C@H]7N6)[nH]c5c4)ccc3n1)CC(C1C[C@@H]3C[C@@H]3C1)=N2. The lowest BCUT2D eigenvalue weighted by molar-refractivity contribution is 0.544. The number of H-pyrrole nitrogens is 1. The van der Waals surface area contributed by atoms with Crippen LogP contribution in [-0.4, -0.2) is 31.7 Å². The minimum Gasteiger partial charge on any atom is -0.341 e. The largest absolute Gasteiger partial charge is 0.341 e. The molecule has 10 rings (SSSR count). The van der Waals surface area contributed by atoms with E-state index in [1.807, 2.05) is 0 Å². The predicted octanol–water partition coefficient (Wildman–Crippen LogP) is 6.94. The van der Waals surface area contributed by atoms with Crippen LogP contribution in [0, 0.1) is 23.7 Å². The zero-order chi connectivity index (χ0) is 25.9. The van der Waals surface area contributed by atoms with Crippen LogP contribution in [0.4, 0.5) is 5.69 Å². The smallest absolute Gasteiger partial charge is 0.124 e. The molecule has 2 aliphatic heterocycles. The van der Waals surface area contributed by atoms with E-state index in [2.05, 4.69) is 71.0 Å². The standard InChI is InChI=1S/C34H30N6/c1-3-26-22(14-30(37-26)21-11-19-10-20(19)12-21)9-17(1)24-5-7-28-27(35-24)8-6-25(36-28)18-2-4-29-32(13-18)40-34(39-29)33-16-23-15-31(23)38-33/h1-9,13,19-21,23,31,33,38H,10-12,14-16H2,(H,39,40)/t19-,20+,21?,23-,31-,33+/m1/s1. The number of fused-ring (bicyclic) bond motifs is 5. The molecule has 0 radical (unpaired) electrons. The normalized spacial score (nSPS) is 29.4. The van der Waals surface area contributed by atoms with Crippen LogP contribution >= 0.6 is 0 Å². The van der Waals surface area contributed by atoms with E-state index in [9.17, 15) is 0 Å². The molecule has 0 amide bonds. The molecule has 0 spiro atoms. The van der Waals surface area contributed by atoms with E-state index in [4.69, 9.17) is 19.9 Å². The molecule has 5 heterocycles. The zero-order valence-electron chi connectivity index (χ0n) is 22.3. The van der Waals surface area contributed by atoms with E-state index in [0.717, 1.165) is 80.3 Å². The molecule has 3 aromatic heterocycles. The molecule has 3 saturated carbocycles. The monoisotopic (exact) mass is 522 g/mol. The van der Waals surface area contributed by atoms with Gasteiger partial charge in [-0.25, -0.2) is 15.0 Å². The van der Waals surface area contributed by atoms with E-state index in [1.165, 1.54) is 43.4 Å². The van der Waals surface area contributed by atoms with E-state index in [-0.39, 0.29) is 0 Å². The second-order valence-corrected chi connectivity index (χ2v) is 12.9. The summed E-state index contributed by atoms with van der Waals surface area (Å²) in [6.07, 6.45) is 7.72. The number of aromatic amines is 1. The van der Waals surface area contributed by atoms with E-state index < -0.39 is 0 Å². The number of nitrogens with one attached hydrogen (secondary N) is 2. The Labute approximate surface area is 232 Å². The van der Waals surface area contributed by atoms with Crippen molar-refractivity contribution in [2.24, 2.45) is 28.7 Å². The molecule has 5 aromatic rings. The minimum atomic E-state index is 0.358. The summed E-state index contributed by atoms with van der Waals surface area (Å²) in [5.41, 5.74) is 12.0. The lowest BCUT2D eigenvalue weighted by Crippen LogP contribution is -2.18. The summed E-state index contributed by atoms with van der Waals surface area (Å²) in [5.74, 6) is 4.61. The molecule has 40 heavy (non-hydrogen) atoms. The molecule has 196 valence electrons. The average Bonchev–Trinajstić information content (AvgIpc) is 3.57. The Morgan fingerprint density at radius 3 is 2.17 bits per heavy atom. The third-order valence-corrected chi connectivity index (χ3v) is 10.3. The number of aromatic nitrogens is 4. The molecule has 1 unspecified atom stereocenters. The lowest BCUT2D eigenvalue weighted by atomic mass is 9.94. The fourth-order valence-corrected chi connectivity index (χ4v) is 7.82. The maximum Gasteiger partial charge on any atom is 0.124 e. The van der Waals surface area contributed by atoms with Crippen molar-refractivity contribution in [3.05, 3.63) is 72.1 Å². The third-order valence-electron chi connectivity index (χ3n) is 10.3. The van der Waals surface area contributed by atoms with E-state index >= 15 is 0 Å². The van der Waals surface area contributed by atoms with Gasteiger partial charge in [0, 0.05) is 29.3 Å². The summed E-state index contributed by atoms with van der Waals surface area (Å²) >= 11 is 0. The Morgan fingerprint density at radius 1 is 0.650 bits per heavy atom. The highest BCUT2D eigenvalue weighted by Gasteiger charge is 2.48. The predicted molar refractivity (Wildman–Crippen MR) is 158 cm³/mol. The molecule has 2 aromatic carbocycles. The van der Waals surface area contributed by atoms with Gasteiger partial charge in [0.25, 0.3) is 0 Å². The summed E-state index contributed by atoms with van der Waals surface area (Å²) in [6.45, 7) is 0. The van der Waals surface area contributed by atoms with Crippen molar-refractivity contribution in [1.29, 1.82) is 0 Å². The van der Waals surface area contributed by atoms with Crippen LogP contribution in [0.15, 0.2) is 65.7 Å². The number of benzene rings is 2. The topological polar surface area (TPSA) is 78.9 Å². The van der Waals surface area contributed by atoms with Crippen LogP contribution in [0.5, 0.6) is 0 Å². The Bertz CT molecular complexity index is 1880. The van der Waals surface area contributed by atoms with Gasteiger partial charge < -0.3 is 10.3 Å². The van der Waals surface area contributed by atoms with Crippen molar-refractivity contribution in [2.45, 2.75) is 50.6 Å². The maximum atomic E-state index is 5.03. The van der Waals surface area contributed by atoms with E-state index in [0.29, 0.717) is 18.0 Å². The molecule has 4 fully saturated rings. The fourth-order valence-electron chi connectivity index (χ4n) is 7.82. The molecule has 2 N–H and O–H groups in total. The van der Waals surface area contributed by atoms with Crippen molar-refractivity contribution in [1.82, 2.24) is 25.3 Å². The molecule has 0 bridgehead atoms. The first-order chi connectivity index (χ1) is 19.7. The van der Waals surface area contributed by atoms with Crippen molar-refractivity contribution < 1.29 is 0 Å². The summed E-state index contributed by atoms with van der Waals surface area (Å²) < 4.78 is 0. The van der Waals surface area contributed by atoms with E-state index in [1.54, 1.807) is 0 Å². The second kappa shape index (κ2) is 7.85. The van der Waals surface area contributed by atoms with Crippen LogP contribution < -0.4 is 5.32 Å². The van der Waals surface area contributed by atoms with Gasteiger partial charge in [0.05, 0.1) is 45.2 Å². The van der Waals surface area contributed by atoms with Gasteiger partial charge in [-0.15, -0.1) is 0 Å². The van der Waals surface area contributed by atoms with Gasteiger partial charge >= 0.3 is 0 Å². The second-order valence-electron chi connectivity index (χ2n) is 12.9. The van der Waals surface area contributed by atoms with Gasteiger partial charge in [-0.3, -0.25) is 4.99 Å². The number of hydrogen-bond acceptors (Lipinski definition) is 5. The summed E-state index contributed by atoms with van der Waals surface area (Å²) in [4.78, 5) is 23.5. The number of imidazole rings is 1. The Kier molecular flexibility index (Phi) is 4.29. The minimum absolute atomic E-state index is 0.358. The molecule has 5 aliphatic rings. The van der Waals surface area contributed by atoms with Crippen LogP contribution in [0.25, 0.3) is 44.6 Å². The molecule has 6 atom stereocenters. The maximum absolute atomic E-state index is 5.03. The van der Waals surface area contributed by atoms with Gasteiger partial charge in [-0.1, -0.05) is 12.1 Å². The van der Waals surface area contributed by atoms with Gasteiger partial charge in [0.15, 0.2) is 0 Å². The molecular weight excluding hydrogens is 492 g/mol. The first kappa shape index (κ1) is 21.9. The highest BCUT2D eigenvalue weighted by atomic mass is 15.1. The average molecular weight is 523 g/mol. The van der Waals surface area contributed by atoms with Crippen LogP contribution in [0.2, 0.25) is 0 Å². The zero-order valence-corrected chi connectivity index (χ0v) is 22.3. The molecule has 3 aliphatic carbocycles. The number of aliphatic imine (C=N–C) groups is 1. The third kappa shape index (κ3) is 3.45. The Morgan fingerprint density at radius 2 is 1.40 bits per heavy atom. The van der Waals surface area contributed by atoms with Crippen molar-refractivity contribution in [3.8, 4) is 22.5 Å². The number of pyridine rings is 2. The molecule has 6 heteroatoms. The van der Waals surface area contributed by atoms with Crippen molar-refractivity contribution in [2.75, 3.05) is 0 Å². The van der Waals surface area contributed by atoms with Crippen LogP contribution in [-0.2, 0) is 6.42 Å². The lowest BCUT2D eigenvalue weighted by Gasteiger charge is -2.10. The van der Waals surface area contributed by atoms with Gasteiger partial charge in [-0.2, -0.15) is 0 Å². The van der Waals surface area contributed by atoms with Gasteiger partial charge in [0.2, 0.25) is 0 Å². The van der Waals surface area contributed by atoms with Gasteiger partial charge in [-0.05, 0) is 110 Å². The van der Waals surface area contributed by atoms with Crippen LogP contribution in [0.3, 0.4) is 0 Å². The molecular formula is C34H30N6. The first-order valence-corrected chi connectivity index (χ1v) is 14.9. The first-order valence-electron chi connectivity index (χ1n) is 14.9. The Hall–Kier alpha value is -3.90. The molecule has 1 saturated heterocycles. The number of piperidine rings is 1.